The number of aliphatic hydroxyl groups is 1. The quantitative estimate of drug-likeness (QED) is 0.849. The van der Waals surface area contributed by atoms with E-state index in [-0.39, 0.29) is 18.4 Å². The molecule has 1 saturated heterocycles. The number of hydrogen-bond donors (Lipinski definition) is 1. The van der Waals surface area contributed by atoms with Gasteiger partial charge >= 0.3 is 0 Å². The number of thiophene rings is 1. The fourth-order valence-corrected chi connectivity index (χ4v) is 3.52. The molecule has 0 saturated carbocycles. The molecule has 3 heterocycles. The summed E-state index contributed by atoms with van der Waals surface area (Å²) in [4.78, 5) is 29.1. The first-order chi connectivity index (χ1) is 12.2. The summed E-state index contributed by atoms with van der Waals surface area (Å²) in [6.07, 6.45) is 5.54. The smallest absolute Gasteiger partial charge is 0.289 e. The zero-order valence-electron chi connectivity index (χ0n) is 13.8. The summed E-state index contributed by atoms with van der Waals surface area (Å²) in [5.41, 5.74) is 0.846. The Labute approximate surface area is 150 Å². The third kappa shape index (κ3) is 4.37. The van der Waals surface area contributed by atoms with E-state index in [2.05, 4.69) is 0 Å². The third-order valence-corrected chi connectivity index (χ3v) is 5.02. The second kappa shape index (κ2) is 8.13. The zero-order chi connectivity index (χ0) is 17.6. The van der Waals surface area contributed by atoms with Gasteiger partial charge in [0.2, 0.25) is 5.91 Å². The lowest BCUT2D eigenvalue weighted by molar-refractivity contribution is -0.125. The first kappa shape index (κ1) is 17.4. The summed E-state index contributed by atoms with van der Waals surface area (Å²) in [7, 11) is 0. The van der Waals surface area contributed by atoms with Gasteiger partial charge in [0.15, 0.2) is 5.76 Å². The molecule has 0 aromatic carbocycles. The number of carbonyl (C=O) groups is 2. The third-order valence-electron chi connectivity index (χ3n) is 4.07. The van der Waals surface area contributed by atoms with Gasteiger partial charge in [0.1, 0.15) is 0 Å². The van der Waals surface area contributed by atoms with Crippen molar-refractivity contribution in [3.8, 4) is 0 Å². The Hall–Kier alpha value is -2.38. The van der Waals surface area contributed by atoms with E-state index in [9.17, 15) is 9.59 Å². The number of carbonyl (C=O) groups excluding carboxylic acids is 2. The Morgan fingerprint density at radius 2 is 2.04 bits per heavy atom. The summed E-state index contributed by atoms with van der Waals surface area (Å²) in [6.45, 7) is 2.23. The Morgan fingerprint density at radius 3 is 2.76 bits per heavy atom. The minimum atomic E-state index is -0.134. The van der Waals surface area contributed by atoms with Crippen molar-refractivity contribution in [2.24, 2.45) is 0 Å². The van der Waals surface area contributed by atoms with Crippen molar-refractivity contribution in [2.45, 2.75) is 13.0 Å². The van der Waals surface area contributed by atoms with Gasteiger partial charge in [-0.25, -0.2) is 0 Å². The van der Waals surface area contributed by atoms with Crippen LogP contribution < -0.4 is 0 Å². The number of aliphatic hydroxyl groups excluding tert-OH is 1. The monoisotopic (exact) mass is 360 g/mol. The lowest BCUT2D eigenvalue weighted by Gasteiger charge is -2.20. The number of hydrogen-bond acceptors (Lipinski definition) is 5. The van der Waals surface area contributed by atoms with Crippen LogP contribution in [0.15, 0.2) is 40.3 Å². The SMILES string of the molecule is O=C(C=Cc1cc(CO)cs1)N1CCCN(C(=O)c2ccco2)CC1. The van der Waals surface area contributed by atoms with E-state index in [0.29, 0.717) is 31.9 Å². The molecule has 1 aliphatic heterocycles. The molecular weight excluding hydrogens is 340 g/mol. The molecular formula is C18H20N2O4S. The van der Waals surface area contributed by atoms with Crippen LogP contribution in [0.1, 0.15) is 27.4 Å². The number of nitrogens with zero attached hydrogens (tertiary/aromatic N) is 2. The summed E-state index contributed by atoms with van der Waals surface area (Å²) in [6, 6.07) is 5.21. The molecule has 0 bridgehead atoms. The molecule has 25 heavy (non-hydrogen) atoms. The first-order valence-corrected chi connectivity index (χ1v) is 9.03. The largest absolute Gasteiger partial charge is 0.459 e. The van der Waals surface area contributed by atoms with Gasteiger partial charge in [-0.1, -0.05) is 0 Å². The van der Waals surface area contributed by atoms with Gasteiger partial charge in [-0.3, -0.25) is 9.59 Å². The normalized spacial score (nSPS) is 15.6. The van der Waals surface area contributed by atoms with Crippen LogP contribution in [0.2, 0.25) is 0 Å². The van der Waals surface area contributed by atoms with Crippen molar-refractivity contribution in [3.05, 3.63) is 52.1 Å². The van der Waals surface area contributed by atoms with E-state index in [1.165, 1.54) is 17.6 Å². The van der Waals surface area contributed by atoms with Crippen molar-refractivity contribution in [1.29, 1.82) is 0 Å². The molecule has 0 radical (unpaired) electrons. The minimum absolute atomic E-state index is 0.00391. The summed E-state index contributed by atoms with van der Waals surface area (Å²) < 4.78 is 5.16. The van der Waals surface area contributed by atoms with Gasteiger partial charge in [0.05, 0.1) is 12.9 Å². The molecule has 1 aliphatic rings. The highest BCUT2D eigenvalue weighted by molar-refractivity contribution is 7.11. The van der Waals surface area contributed by atoms with Gasteiger partial charge < -0.3 is 19.3 Å². The van der Waals surface area contributed by atoms with Gasteiger partial charge in [0, 0.05) is 37.1 Å². The molecule has 2 amide bonds. The van der Waals surface area contributed by atoms with Crippen molar-refractivity contribution in [1.82, 2.24) is 9.80 Å². The van der Waals surface area contributed by atoms with Crippen molar-refractivity contribution < 1.29 is 19.1 Å². The molecule has 0 aliphatic carbocycles. The topological polar surface area (TPSA) is 74.0 Å². The Balaban J connectivity index is 1.57. The molecule has 132 valence electrons. The minimum Gasteiger partial charge on any atom is -0.459 e. The van der Waals surface area contributed by atoms with E-state index in [4.69, 9.17) is 9.52 Å². The molecule has 0 atom stereocenters. The molecule has 1 fully saturated rings. The maximum atomic E-state index is 12.4. The highest BCUT2D eigenvalue weighted by Crippen LogP contribution is 2.16. The van der Waals surface area contributed by atoms with Crippen LogP contribution in [0.25, 0.3) is 6.08 Å². The van der Waals surface area contributed by atoms with E-state index < -0.39 is 0 Å². The van der Waals surface area contributed by atoms with Crippen LogP contribution in [0.5, 0.6) is 0 Å². The summed E-state index contributed by atoms with van der Waals surface area (Å²) in [5, 5.41) is 10.9. The molecule has 7 heteroatoms. The van der Waals surface area contributed by atoms with Crippen LogP contribution in [0, 0.1) is 0 Å². The van der Waals surface area contributed by atoms with Crippen LogP contribution in [-0.2, 0) is 11.4 Å². The zero-order valence-corrected chi connectivity index (χ0v) is 14.6. The molecule has 3 rings (SSSR count). The molecule has 0 spiro atoms. The number of furan rings is 1. The average molecular weight is 360 g/mol. The number of amides is 2. The van der Waals surface area contributed by atoms with Crippen LogP contribution in [0.3, 0.4) is 0 Å². The molecule has 1 N–H and O–H groups in total. The van der Waals surface area contributed by atoms with Crippen LogP contribution >= 0.6 is 11.3 Å². The number of rotatable bonds is 4. The Kier molecular flexibility index (Phi) is 5.67. The lowest BCUT2D eigenvalue weighted by atomic mass is 10.3. The van der Waals surface area contributed by atoms with Gasteiger partial charge in [0.25, 0.3) is 5.91 Å². The van der Waals surface area contributed by atoms with Crippen LogP contribution in [-0.4, -0.2) is 52.9 Å². The van der Waals surface area contributed by atoms with Crippen molar-refractivity contribution in [3.63, 3.8) is 0 Å². The van der Waals surface area contributed by atoms with E-state index in [1.807, 2.05) is 11.4 Å². The van der Waals surface area contributed by atoms with Gasteiger partial charge in [-0.2, -0.15) is 0 Å². The van der Waals surface area contributed by atoms with E-state index in [0.717, 1.165) is 16.9 Å². The fraction of sp³-hybridized carbons (Fsp3) is 0.333. The Bertz CT molecular complexity index is 751. The second-order valence-electron chi connectivity index (χ2n) is 5.80. The maximum absolute atomic E-state index is 12.4. The lowest BCUT2D eigenvalue weighted by Crippen LogP contribution is -2.36. The van der Waals surface area contributed by atoms with Gasteiger partial charge in [-0.05, 0) is 41.6 Å². The first-order valence-electron chi connectivity index (χ1n) is 8.15. The highest BCUT2D eigenvalue weighted by atomic mass is 32.1. The summed E-state index contributed by atoms with van der Waals surface area (Å²) >= 11 is 1.49. The molecule has 0 unspecified atom stereocenters. The van der Waals surface area contributed by atoms with Crippen LogP contribution in [0.4, 0.5) is 0 Å². The highest BCUT2D eigenvalue weighted by Gasteiger charge is 2.23. The fourth-order valence-electron chi connectivity index (χ4n) is 2.72. The van der Waals surface area contributed by atoms with Crippen molar-refractivity contribution >= 4 is 29.2 Å². The van der Waals surface area contributed by atoms with Gasteiger partial charge in [-0.15, -0.1) is 11.3 Å². The summed E-state index contributed by atoms with van der Waals surface area (Å²) in [5.74, 6) is 0.133. The molecule has 6 nitrogen and oxygen atoms in total. The molecule has 2 aromatic heterocycles. The van der Waals surface area contributed by atoms with E-state index in [1.54, 1.807) is 34.1 Å². The second-order valence-corrected chi connectivity index (χ2v) is 6.74. The van der Waals surface area contributed by atoms with E-state index >= 15 is 0 Å². The average Bonchev–Trinajstić information content (AvgIpc) is 3.26. The standard InChI is InChI=1S/C18H20N2O4S/c21-12-14-11-15(25-13-14)4-5-17(22)19-6-2-7-20(9-8-19)18(23)16-3-1-10-24-16/h1,3-5,10-11,13,21H,2,6-9,12H2. The predicted molar refractivity (Wildman–Crippen MR) is 95.1 cm³/mol. The predicted octanol–water partition coefficient (Wildman–Crippen LogP) is 2.22. The molecule has 2 aromatic rings. The maximum Gasteiger partial charge on any atom is 0.289 e. The van der Waals surface area contributed by atoms with Crippen molar-refractivity contribution in [2.75, 3.05) is 26.2 Å². The Morgan fingerprint density at radius 1 is 1.24 bits per heavy atom.